The molecular weight excluding hydrogens is 430 g/mol. The van der Waals surface area contributed by atoms with E-state index in [0.29, 0.717) is 41.6 Å². The zero-order valence-electron chi connectivity index (χ0n) is 17.4. The molecule has 5 rings (SSSR count). The van der Waals surface area contributed by atoms with E-state index in [-0.39, 0.29) is 6.61 Å². The molecule has 0 amide bonds. The predicted molar refractivity (Wildman–Crippen MR) is 121 cm³/mol. The number of rotatable bonds is 5. The van der Waals surface area contributed by atoms with Gasteiger partial charge in [-0.2, -0.15) is 0 Å². The van der Waals surface area contributed by atoms with Crippen molar-refractivity contribution in [1.82, 2.24) is 15.0 Å². The van der Waals surface area contributed by atoms with Gasteiger partial charge < -0.3 is 13.9 Å². The van der Waals surface area contributed by atoms with Gasteiger partial charge in [-0.15, -0.1) is 5.10 Å². The Morgan fingerprint density at radius 2 is 2.03 bits per heavy atom. The van der Waals surface area contributed by atoms with Crippen LogP contribution in [0.3, 0.4) is 0 Å². The maximum absolute atomic E-state index is 11.4. The molecule has 1 aliphatic rings. The van der Waals surface area contributed by atoms with Crippen LogP contribution in [0.25, 0.3) is 16.0 Å². The molecule has 0 spiro atoms. The van der Waals surface area contributed by atoms with E-state index < -0.39 is 5.63 Å². The van der Waals surface area contributed by atoms with Gasteiger partial charge in [0.25, 0.3) is 0 Å². The average Bonchev–Trinajstić information content (AvgIpc) is 3.18. The minimum atomic E-state index is -0.396. The summed E-state index contributed by atoms with van der Waals surface area (Å²) in [6.07, 6.45) is 2.54. The van der Waals surface area contributed by atoms with Crippen molar-refractivity contribution < 1.29 is 13.9 Å². The molecule has 162 valence electrons. The topological polar surface area (TPSA) is 79.4 Å². The van der Waals surface area contributed by atoms with Crippen LogP contribution in [-0.2, 0) is 13.2 Å². The average molecular weight is 450 g/mol. The van der Waals surface area contributed by atoms with Gasteiger partial charge in [-0.25, -0.2) is 9.48 Å². The van der Waals surface area contributed by atoms with Crippen molar-refractivity contribution in [3.8, 4) is 11.5 Å². The van der Waals surface area contributed by atoms with Crippen molar-refractivity contribution in [3.63, 3.8) is 0 Å². The van der Waals surface area contributed by atoms with E-state index in [2.05, 4.69) is 10.3 Å². The maximum atomic E-state index is 11.4. The molecule has 7 nitrogen and oxygen atoms in total. The summed E-state index contributed by atoms with van der Waals surface area (Å²) < 4.78 is 18.6. The highest BCUT2D eigenvalue weighted by atomic mass is 35.5. The smallest absolute Gasteiger partial charge is 0.336 e. The number of halogens is 1. The molecule has 0 unspecified atom stereocenters. The summed E-state index contributed by atoms with van der Waals surface area (Å²) >= 11 is 6.73. The van der Waals surface area contributed by atoms with E-state index in [1.54, 1.807) is 16.8 Å². The summed E-state index contributed by atoms with van der Waals surface area (Å²) in [7, 11) is 0. The number of aromatic nitrogens is 3. The fraction of sp³-hybridized carbons (Fsp3) is 0.208. The summed E-state index contributed by atoms with van der Waals surface area (Å²) in [5.74, 6) is 1.38. The van der Waals surface area contributed by atoms with Gasteiger partial charge in [-0.1, -0.05) is 28.4 Å². The van der Waals surface area contributed by atoms with Crippen LogP contribution in [0.5, 0.6) is 11.5 Å². The number of ether oxygens (including phenoxy) is 2. The number of nitrogens with zero attached hydrogens (tertiary/aromatic N) is 3. The molecule has 3 heterocycles. The Morgan fingerprint density at radius 3 is 2.94 bits per heavy atom. The third-order valence-corrected chi connectivity index (χ3v) is 5.73. The van der Waals surface area contributed by atoms with Gasteiger partial charge in [-0.3, -0.25) is 0 Å². The Bertz CT molecular complexity index is 1390. The molecule has 0 saturated carbocycles. The lowest BCUT2D eigenvalue weighted by Gasteiger charge is -2.09. The van der Waals surface area contributed by atoms with E-state index in [1.807, 2.05) is 43.5 Å². The molecule has 32 heavy (non-hydrogen) atoms. The largest absolute Gasteiger partial charge is 0.493 e. The first-order chi connectivity index (χ1) is 15.5. The maximum Gasteiger partial charge on any atom is 0.336 e. The normalized spacial score (nSPS) is 13.6. The Labute approximate surface area is 188 Å². The first kappa shape index (κ1) is 20.3. The summed E-state index contributed by atoms with van der Waals surface area (Å²) in [5, 5.41) is 9.95. The zero-order valence-corrected chi connectivity index (χ0v) is 18.1. The lowest BCUT2D eigenvalue weighted by molar-refractivity contribution is 0.301. The third kappa shape index (κ3) is 4.24. The van der Waals surface area contributed by atoms with E-state index in [4.69, 9.17) is 25.5 Å². The molecule has 2 aromatic heterocycles. The van der Waals surface area contributed by atoms with Crippen LogP contribution in [-0.4, -0.2) is 21.6 Å². The molecule has 1 aliphatic heterocycles. The summed E-state index contributed by atoms with van der Waals surface area (Å²) in [5.41, 5.74) is 3.83. The lowest BCUT2D eigenvalue weighted by Crippen LogP contribution is -2.05. The summed E-state index contributed by atoms with van der Waals surface area (Å²) in [6.45, 7) is 3.34. The Hall–Kier alpha value is -3.58. The van der Waals surface area contributed by atoms with Gasteiger partial charge in [0.2, 0.25) is 0 Å². The highest BCUT2D eigenvalue weighted by Gasteiger charge is 2.18. The van der Waals surface area contributed by atoms with Gasteiger partial charge in [0.1, 0.15) is 29.4 Å². The quantitative estimate of drug-likeness (QED) is 0.411. The molecule has 0 atom stereocenters. The van der Waals surface area contributed by atoms with Crippen molar-refractivity contribution in [2.24, 2.45) is 0 Å². The van der Waals surface area contributed by atoms with E-state index in [0.717, 1.165) is 27.8 Å². The van der Waals surface area contributed by atoms with E-state index >= 15 is 0 Å². The van der Waals surface area contributed by atoms with Gasteiger partial charge in [-0.05, 0) is 42.8 Å². The number of fused-ring (bicyclic) bond motifs is 2. The van der Waals surface area contributed by atoms with E-state index in [9.17, 15) is 4.79 Å². The van der Waals surface area contributed by atoms with Crippen LogP contribution in [0, 0.1) is 6.92 Å². The zero-order chi connectivity index (χ0) is 22.1. The van der Waals surface area contributed by atoms with Gasteiger partial charge in [0, 0.05) is 29.5 Å². The Kier molecular flexibility index (Phi) is 5.41. The van der Waals surface area contributed by atoms with Crippen molar-refractivity contribution in [2.45, 2.75) is 26.5 Å². The number of benzene rings is 2. The first-order valence-electron chi connectivity index (χ1n) is 10.2. The van der Waals surface area contributed by atoms with Crippen molar-refractivity contribution >= 4 is 27.6 Å². The number of hydrogen-bond acceptors (Lipinski definition) is 6. The molecule has 8 heteroatoms. The first-order valence-corrected chi connectivity index (χ1v) is 10.6. The molecule has 2 aromatic carbocycles. The predicted octanol–water partition coefficient (Wildman–Crippen LogP) is 4.70. The molecule has 0 radical (unpaired) electrons. The summed E-state index contributed by atoms with van der Waals surface area (Å²) in [4.78, 5) is 11.4. The van der Waals surface area contributed by atoms with Crippen LogP contribution in [0.1, 0.15) is 23.2 Å². The minimum Gasteiger partial charge on any atom is -0.493 e. The van der Waals surface area contributed by atoms with Crippen molar-refractivity contribution in [1.29, 1.82) is 0 Å². The number of aryl methyl sites for hydroxylation is 1. The van der Waals surface area contributed by atoms with Crippen LogP contribution < -0.4 is 15.1 Å². The standard InChI is InChI=1S/C24H20ClN3O4/c1-15-2-6-21-20(10-15)24(25)17(8-9-30-21)12-28-13-18(26-27-28)14-31-19-5-3-16-4-7-23(29)32-22(16)11-19/h2-7,10-11,13H,8-9,12,14H2,1H3. The lowest BCUT2D eigenvalue weighted by atomic mass is 10.1. The fourth-order valence-corrected chi connectivity index (χ4v) is 3.94. The molecule has 0 fully saturated rings. The number of hydrogen-bond donors (Lipinski definition) is 0. The highest BCUT2D eigenvalue weighted by Crippen LogP contribution is 2.36. The molecule has 4 aromatic rings. The minimum absolute atomic E-state index is 0.237. The van der Waals surface area contributed by atoms with Crippen LogP contribution >= 0.6 is 11.6 Å². The SMILES string of the molecule is Cc1ccc2c(c1)C(Cl)=C(Cn1cc(COc3ccc4ccc(=O)oc4c3)nn1)CCO2. The van der Waals surface area contributed by atoms with Crippen LogP contribution in [0.15, 0.2) is 69.5 Å². The second-order valence-electron chi connectivity index (χ2n) is 7.67. The van der Waals surface area contributed by atoms with Crippen molar-refractivity contribution in [3.05, 3.63) is 87.5 Å². The molecule has 0 saturated heterocycles. The third-order valence-electron chi connectivity index (χ3n) is 5.26. The Morgan fingerprint density at radius 1 is 1.16 bits per heavy atom. The summed E-state index contributed by atoms with van der Waals surface area (Å²) in [6, 6.07) is 14.5. The van der Waals surface area contributed by atoms with Crippen LogP contribution in [0.4, 0.5) is 0 Å². The highest BCUT2D eigenvalue weighted by molar-refractivity contribution is 6.49. The Balaban J connectivity index is 1.30. The second kappa shape index (κ2) is 8.51. The van der Waals surface area contributed by atoms with Crippen molar-refractivity contribution in [2.75, 3.05) is 6.61 Å². The van der Waals surface area contributed by atoms with Gasteiger partial charge >= 0.3 is 5.63 Å². The monoisotopic (exact) mass is 449 g/mol. The molecule has 0 aliphatic carbocycles. The molecule has 0 N–H and O–H groups in total. The van der Waals surface area contributed by atoms with Gasteiger partial charge in [0.15, 0.2) is 0 Å². The van der Waals surface area contributed by atoms with Crippen LogP contribution in [0.2, 0.25) is 0 Å². The van der Waals surface area contributed by atoms with Gasteiger partial charge in [0.05, 0.1) is 24.4 Å². The second-order valence-corrected chi connectivity index (χ2v) is 8.04. The molecule has 0 bridgehead atoms. The molecular formula is C24H20ClN3O4. The van der Waals surface area contributed by atoms with E-state index in [1.165, 1.54) is 6.07 Å². The fourth-order valence-electron chi connectivity index (χ4n) is 3.64.